The molecule has 9 aromatic rings. The molecule has 6 aromatic carbocycles. The lowest BCUT2D eigenvalue weighted by Crippen LogP contribution is -2.41. The van der Waals surface area contributed by atoms with Crippen LogP contribution in [0.2, 0.25) is 0 Å². The van der Waals surface area contributed by atoms with Crippen LogP contribution in [-0.2, 0) is 32.5 Å². The summed E-state index contributed by atoms with van der Waals surface area (Å²) >= 11 is 0. The predicted octanol–water partition coefficient (Wildman–Crippen LogP) is 16.7. The molecule has 0 aliphatic rings. The zero-order valence-corrected chi connectivity index (χ0v) is 45.2. The number of fused-ring (bicyclic) bond motifs is 3. The van der Waals surface area contributed by atoms with Gasteiger partial charge >= 0.3 is 0 Å². The number of rotatable bonds is 9. The second kappa shape index (κ2) is 17.5. The van der Waals surface area contributed by atoms with Gasteiger partial charge in [0.15, 0.2) is 0 Å². The highest BCUT2D eigenvalue weighted by atomic mass is 16.5. The number of pyridine rings is 1. The molecule has 0 radical (unpaired) electrons. The van der Waals surface area contributed by atoms with Crippen molar-refractivity contribution < 1.29 is 9.30 Å². The fourth-order valence-corrected chi connectivity index (χ4v) is 10.3. The maximum atomic E-state index is 6.94. The second-order valence-corrected chi connectivity index (χ2v) is 25.0. The van der Waals surface area contributed by atoms with Gasteiger partial charge < -0.3 is 4.74 Å². The summed E-state index contributed by atoms with van der Waals surface area (Å²) < 4.78 is 13.9. The lowest BCUT2D eigenvalue weighted by molar-refractivity contribution is -0.611. The third-order valence-corrected chi connectivity index (χ3v) is 14.7. The number of ether oxygens (including phenoxy) is 1. The standard InChI is InChI=1S/C66H74N4O/c1-61(2,3)46-34-35-67-58(40-46)70-56-33-30-47(65(13,14)44-24-19-17-20-25-44)39-55(56)54-32-31-53(42-57(54)70)71-52-29-23-28-50(41-52)68-43-69(60(64(10,11)12)59(68)63(7,8)9)51-37-48(62(4,5)6)36-49(38-51)66(15,16)45-26-21-18-22-27-45/h17-42H,1-16H3. The number of nitrogens with zero attached hydrogens (tertiary/aromatic N) is 4. The van der Waals surface area contributed by atoms with E-state index in [0.29, 0.717) is 0 Å². The van der Waals surface area contributed by atoms with Crippen LogP contribution in [0.25, 0.3) is 39.0 Å². The highest BCUT2D eigenvalue weighted by molar-refractivity contribution is 6.10. The smallest absolute Gasteiger partial charge is 0.269 e. The molecule has 3 aromatic heterocycles. The van der Waals surface area contributed by atoms with Crippen molar-refractivity contribution in [2.24, 2.45) is 0 Å². The van der Waals surface area contributed by atoms with Crippen LogP contribution in [0.4, 0.5) is 0 Å². The normalized spacial score (nSPS) is 13.1. The van der Waals surface area contributed by atoms with E-state index in [4.69, 9.17) is 9.72 Å². The lowest BCUT2D eigenvalue weighted by atomic mass is 9.75. The van der Waals surface area contributed by atoms with Gasteiger partial charge in [-0.05, 0) is 122 Å². The minimum atomic E-state index is -0.234. The Morgan fingerprint density at radius 2 is 1.04 bits per heavy atom. The summed E-state index contributed by atoms with van der Waals surface area (Å²) in [5, 5.41) is 2.33. The van der Waals surface area contributed by atoms with Gasteiger partial charge in [-0.25, -0.2) is 4.98 Å². The number of hydrogen-bond donors (Lipinski definition) is 0. The number of hydrogen-bond acceptors (Lipinski definition) is 2. The van der Waals surface area contributed by atoms with Crippen LogP contribution in [-0.4, -0.2) is 14.1 Å². The molecule has 3 heterocycles. The summed E-state index contributed by atoms with van der Waals surface area (Å²) in [4.78, 5) is 5.01. The highest BCUT2D eigenvalue weighted by Gasteiger charge is 2.35. The Labute approximate surface area is 424 Å². The van der Waals surface area contributed by atoms with E-state index in [0.717, 1.165) is 45.1 Å². The summed E-state index contributed by atoms with van der Waals surface area (Å²) in [6, 6.07) is 55.1. The average molecular weight is 939 g/mol. The number of imidazole rings is 1. The van der Waals surface area contributed by atoms with E-state index >= 15 is 0 Å². The van der Waals surface area contributed by atoms with Crippen LogP contribution in [0.15, 0.2) is 158 Å². The van der Waals surface area contributed by atoms with Gasteiger partial charge in [0.1, 0.15) is 17.3 Å². The largest absolute Gasteiger partial charge is 0.458 e. The van der Waals surface area contributed by atoms with Crippen molar-refractivity contribution in [3.8, 4) is 28.7 Å². The predicted molar refractivity (Wildman–Crippen MR) is 297 cm³/mol. The van der Waals surface area contributed by atoms with Crippen LogP contribution in [0.1, 0.15) is 156 Å². The Hall–Kier alpha value is -6.72. The molecule has 0 bridgehead atoms. The van der Waals surface area contributed by atoms with Gasteiger partial charge in [0, 0.05) is 33.9 Å². The Kier molecular flexibility index (Phi) is 12.2. The van der Waals surface area contributed by atoms with Gasteiger partial charge in [0.25, 0.3) is 6.33 Å². The number of benzene rings is 6. The first-order chi connectivity index (χ1) is 33.2. The maximum absolute atomic E-state index is 6.94. The van der Waals surface area contributed by atoms with Gasteiger partial charge in [0.2, 0.25) is 0 Å². The molecule has 0 aliphatic heterocycles. The third kappa shape index (κ3) is 9.37. The van der Waals surface area contributed by atoms with E-state index in [9.17, 15) is 0 Å². The molecule has 0 amide bonds. The van der Waals surface area contributed by atoms with Crippen molar-refractivity contribution in [2.75, 3.05) is 0 Å². The average Bonchev–Trinajstić information content (AvgIpc) is 3.90. The Balaban J connectivity index is 1.18. The Morgan fingerprint density at radius 1 is 0.437 bits per heavy atom. The molecule has 0 saturated carbocycles. The van der Waals surface area contributed by atoms with Crippen molar-refractivity contribution in [3.05, 3.63) is 209 Å². The Morgan fingerprint density at radius 3 is 1.65 bits per heavy atom. The zero-order valence-electron chi connectivity index (χ0n) is 45.2. The van der Waals surface area contributed by atoms with Gasteiger partial charge in [-0.3, -0.25) is 13.7 Å². The van der Waals surface area contributed by atoms with E-state index < -0.39 is 0 Å². The third-order valence-electron chi connectivity index (χ3n) is 14.7. The summed E-state index contributed by atoms with van der Waals surface area (Å²) in [6.45, 7) is 36.9. The first-order valence-corrected chi connectivity index (χ1v) is 25.5. The second-order valence-electron chi connectivity index (χ2n) is 25.0. The lowest BCUT2D eigenvalue weighted by Gasteiger charge is -2.32. The van der Waals surface area contributed by atoms with E-state index in [-0.39, 0.29) is 32.5 Å². The molecular formula is C66H74N4O. The Bertz CT molecular complexity index is 3410. The highest BCUT2D eigenvalue weighted by Crippen LogP contribution is 2.42. The van der Waals surface area contributed by atoms with Gasteiger partial charge in [-0.2, -0.15) is 0 Å². The van der Waals surface area contributed by atoms with Gasteiger partial charge in [-0.15, -0.1) is 0 Å². The summed E-state index contributed by atoms with van der Waals surface area (Å²) in [5.41, 5.74) is 13.3. The summed E-state index contributed by atoms with van der Waals surface area (Å²) in [5.74, 6) is 2.38. The van der Waals surface area contributed by atoms with Crippen LogP contribution in [0, 0.1) is 6.33 Å². The molecular weight excluding hydrogens is 865 g/mol. The molecule has 5 nitrogen and oxygen atoms in total. The molecule has 0 aliphatic carbocycles. The number of aromatic nitrogens is 4. The van der Waals surface area contributed by atoms with Crippen molar-refractivity contribution in [3.63, 3.8) is 0 Å². The van der Waals surface area contributed by atoms with Gasteiger partial charge in [0.05, 0.1) is 33.8 Å². The monoisotopic (exact) mass is 939 g/mol. The van der Waals surface area contributed by atoms with Crippen LogP contribution >= 0.6 is 0 Å². The van der Waals surface area contributed by atoms with Crippen molar-refractivity contribution in [2.45, 2.75) is 143 Å². The minimum Gasteiger partial charge on any atom is -0.458 e. The molecule has 0 fully saturated rings. The first kappa shape index (κ1) is 49.3. The van der Waals surface area contributed by atoms with Crippen molar-refractivity contribution in [1.29, 1.82) is 0 Å². The summed E-state index contributed by atoms with van der Waals surface area (Å²) in [7, 11) is 0. The first-order valence-electron chi connectivity index (χ1n) is 25.5. The van der Waals surface area contributed by atoms with Crippen LogP contribution in [0.3, 0.4) is 0 Å². The maximum Gasteiger partial charge on any atom is 0.269 e. The fourth-order valence-electron chi connectivity index (χ4n) is 10.3. The van der Waals surface area contributed by atoms with E-state index in [1.54, 1.807) is 0 Å². The molecule has 0 saturated heterocycles. The topological polar surface area (TPSA) is 35.9 Å². The van der Waals surface area contributed by atoms with Crippen LogP contribution < -0.4 is 9.30 Å². The fraction of sp³-hybridized carbons (Fsp3) is 0.333. The molecule has 0 N–H and O–H groups in total. The molecule has 364 valence electrons. The van der Waals surface area contributed by atoms with E-state index in [1.807, 2.05) is 6.20 Å². The molecule has 0 unspecified atom stereocenters. The molecule has 5 heteroatoms. The molecule has 9 rings (SSSR count). The van der Waals surface area contributed by atoms with Gasteiger partial charge in [-0.1, -0.05) is 190 Å². The SMILES string of the molecule is CC(C)(C)c1cc(-[n+]2[c-]n(-c3cccc(Oc4ccc5c6cc(C(C)(C)c7ccccc7)ccc6n(-c6cc(C(C)(C)C)ccn6)c5c4)c3)c(C(C)(C)C)c2C(C)(C)C)cc(C(C)(C)c2ccccc2)c1. The molecule has 0 spiro atoms. The minimum absolute atomic E-state index is 0.0434. The quantitative estimate of drug-likeness (QED) is 0.107. The van der Waals surface area contributed by atoms with Crippen molar-refractivity contribution >= 4 is 21.8 Å². The zero-order chi connectivity index (χ0) is 51.1. The van der Waals surface area contributed by atoms with E-state index in [2.05, 4.69) is 282 Å². The molecule has 0 atom stereocenters. The molecule has 71 heavy (non-hydrogen) atoms. The van der Waals surface area contributed by atoms with E-state index in [1.165, 1.54) is 50.2 Å². The van der Waals surface area contributed by atoms with Crippen molar-refractivity contribution in [1.82, 2.24) is 14.1 Å². The van der Waals surface area contributed by atoms with Crippen LogP contribution in [0.5, 0.6) is 11.5 Å². The summed E-state index contributed by atoms with van der Waals surface area (Å²) in [6.07, 6.45) is 5.90.